The molecule has 3 rings (SSSR count). The van der Waals surface area contributed by atoms with E-state index in [0.717, 1.165) is 6.42 Å². The molecule has 146 valence electrons. The lowest BCUT2D eigenvalue weighted by Gasteiger charge is -2.28. The number of aliphatic carboxylic acids is 1. The van der Waals surface area contributed by atoms with Gasteiger partial charge in [0.15, 0.2) is 0 Å². The molecule has 7 nitrogen and oxygen atoms in total. The van der Waals surface area contributed by atoms with E-state index in [4.69, 9.17) is 0 Å². The average molecular weight is 373 g/mol. The summed E-state index contributed by atoms with van der Waals surface area (Å²) >= 11 is 0. The van der Waals surface area contributed by atoms with Crippen LogP contribution in [0.4, 0.5) is 5.69 Å². The highest BCUT2D eigenvalue weighted by atomic mass is 16.4. The fourth-order valence-electron chi connectivity index (χ4n) is 4.06. The highest BCUT2D eigenvalue weighted by Gasteiger charge is 2.30. The van der Waals surface area contributed by atoms with Gasteiger partial charge in [0.05, 0.1) is 5.56 Å². The molecule has 0 saturated heterocycles. The summed E-state index contributed by atoms with van der Waals surface area (Å²) in [7, 11) is 0. The summed E-state index contributed by atoms with van der Waals surface area (Å²) in [6.45, 7) is 0.823. The quantitative estimate of drug-likeness (QED) is 0.784. The molecule has 1 unspecified atom stereocenters. The Kier molecular flexibility index (Phi) is 5.98. The Bertz CT molecular complexity index is 727. The first kappa shape index (κ1) is 19.2. The molecule has 0 radical (unpaired) electrons. The molecule has 1 aromatic rings. The smallest absolute Gasteiger partial charge is 0.335 e. The van der Waals surface area contributed by atoms with Crippen molar-refractivity contribution in [3.8, 4) is 0 Å². The highest BCUT2D eigenvalue weighted by molar-refractivity contribution is 5.91. The summed E-state index contributed by atoms with van der Waals surface area (Å²) in [5, 5.41) is 23.3. The molecule has 0 spiro atoms. The molecule has 1 heterocycles. The summed E-state index contributed by atoms with van der Waals surface area (Å²) in [5.74, 6) is -2.01. The van der Waals surface area contributed by atoms with Crippen LogP contribution >= 0.6 is 0 Å². The number of benzene rings is 1. The van der Waals surface area contributed by atoms with Crippen LogP contribution in [0.1, 0.15) is 60.9 Å². The Hall–Kier alpha value is -2.57. The Labute approximate surface area is 158 Å². The van der Waals surface area contributed by atoms with Crippen LogP contribution in [-0.4, -0.2) is 40.4 Å². The highest BCUT2D eigenvalue weighted by Crippen LogP contribution is 2.29. The van der Waals surface area contributed by atoms with Gasteiger partial charge >= 0.3 is 5.97 Å². The van der Waals surface area contributed by atoms with Gasteiger partial charge in [-0.1, -0.05) is 32.1 Å². The summed E-state index contributed by atoms with van der Waals surface area (Å²) in [6.07, 6.45) is 6.51. The Balaban J connectivity index is 1.81. The maximum Gasteiger partial charge on any atom is 0.335 e. The number of nitrogens with zero attached hydrogens (tertiary/aromatic N) is 1. The number of amides is 1. The predicted octanol–water partition coefficient (Wildman–Crippen LogP) is 1.62. The number of rotatable bonds is 6. The van der Waals surface area contributed by atoms with Crippen molar-refractivity contribution in [1.29, 1.82) is 0 Å². The molecule has 1 fully saturated rings. The zero-order chi connectivity index (χ0) is 19.4. The zero-order valence-electron chi connectivity index (χ0n) is 15.3. The van der Waals surface area contributed by atoms with E-state index in [1.165, 1.54) is 38.2 Å². The third kappa shape index (κ3) is 4.78. The maximum atomic E-state index is 12.9. The van der Waals surface area contributed by atoms with Gasteiger partial charge in [0, 0.05) is 31.2 Å². The molecule has 7 heteroatoms. The molecule has 0 aromatic heterocycles. The number of carboxylic acids is 2. The SMILES string of the molecule is O=C([O-])CC1Nc2ccc(C(=O)O)cc2CN(CCC2CCCCC2)C1=O. The first-order valence-corrected chi connectivity index (χ1v) is 9.55. The molecule has 1 amide bonds. The topological polar surface area (TPSA) is 110 Å². The molecule has 1 aromatic carbocycles. The summed E-state index contributed by atoms with van der Waals surface area (Å²) in [6, 6.07) is 3.69. The fraction of sp³-hybridized carbons (Fsp3) is 0.550. The Morgan fingerprint density at radius 1 is 1.22 bits per heavy atom. The lowest BCUT2D eigenvalue weighted by molar-refractivity contribution is -0.305. The first-order valence-electron chi connectivity index (χ1n) is 9.55. The number of anilines is 1. The van der Waals surface area contributed by atoms with Crippen LogP contribution in [0.5, 0.6) is 0 Å². The molecule has 27 heavy (non-hydrogen) atoms. The van der Waals surface area contributed by atoms with Gasteiger partial charge in [-0.25, -0.2) is 4.79 Å². The van der Waals surface area contributed by atoms with Crippen molar-refractivity contribution in [3.05, 3.63) is 29.3 Å². The predicted molar refractivity (Wildman–Crippen MR) is 97.0 cm³/mol. The van der Waals surface area contributed by atoms with E-state index < -0.39 is 24.4 Å². The molecule has 1 aliphatic heterocycles. The summed E-state index contributed by atoms with van der Waals surface area (Å²) in [4.78, 5) is 36.9. The number of carbonyl (C=O) groups excluding carboxylic acids is 2. The van der Waals surface area contributed by atoms with E-state index >= 15 is 0 Å². The van der Waals surface area contributed by atoms with Gasteiger partial charge in [0.1, 0.15) is 6.04 Å². The number of nitrogens with one attached hydrogen (secondary N) is 1. The van der Waals surface area contributed by atoms with E-state index in [1.807, 2.05) is 0 Å². The third-order valence-electron chi connectivity index (χ3n) is 5.56. The van der Waals surface area contributed by atoms with Crippen LogP contribution in [-0.2, 0) is 16.1 Å². The summed E-state index contributed by atoms with van der Waals surface area (Å²) < 4.78 is 0. The van der Waals surface area contributed by atoms with Crippen molar-refractivity contribution in [2.45, 2.75) is 57.5 Å². The first-order chi connectivity index (χ1) is 12.9. The van der Waals surface area contributed by atoms with E-state index in [-0.39, 0.29) is 18.0 Å². The second-order valence-corrected chi connectivity index (χ2v) is 7.50. The van der Waals surface area contributed by atoms with Crippen LogP contribution in [0.2, 0.25) is 0 Å². The minimum Gasteiger partial charge on any atom is -0.550 e. The third-order valence-corrected chi connectivity index (χ3v) is 5.56. The minimum atomic E-state index is -1.29. The van der Waals surface area contributed by atoms with E-state index in [2.05, 4.69) is 5.32 Å². The Morgan fingerprint density at radius 3 is 2.63 bits per heavy atom. The van der Waals surface area contributed by atoms with Crippen LogP contribution in [0, 0.1) is 5.92 Å². The van der Waals surface area contributed by atoms with Crippen molar-refractivity contribution < 1.29 is 24.6 Å². The molecule has 0 bridgehead atoms. The number of carboxylic acid groups (broad SMARTS) is 2. The number of fused-ring (bicyclic) bond motifs is 1. The molecular formula is C20H25N2O5-. The van der Waals surface area contributed by atoms with Crippen molar-refractivity contribution in [2.24, 2.45) is 5.92 Å². The minimum absolute atomic E-state index is 0.147. The largest absolute Gasteiger partial charge is 0.550 e. The molecule has 1 aliphatic carbocycles. The number of carbonyl (C=O) groups is 3. The molecular weight excluding hydrogens is 348 g/mol. The lowest BCUT2D eigenvalue weighted by atomic mass is 9.87. The van der Waals surface area contributed by atoms with Crippen LogP contribution in [0.3, 0.4) is 0 Å². The van der Waals surface area contributed by atoms with E-state index in [0.29, 0.717) is 23.7 Å². The number of aromatic carboxylic acids is 1. The average Bonchev–Trinajstić information content (AvgIpc) is 2.77. The van der Waals surface area contributed by atoms with Crippen LogP contribution in [0.25, 0.3) is 0 Å². The maximum absolute atomic E-state index is 12.9. The lowest BCUT2D eigenvalue weighted by Crippen LogP contribution is -2.44. The van der Waals surface area contributed by atoms with Crippen molar-refractivity contribution in [1.82, 2.24) is 4.90 Å². The number of hydrogen-bond donors (Lipinski definition) is 2. The van der Waals surface area contributed by atoms with Gasteiger partial charge in [-0.3, -0.25) is 4.79 Å². The van der Waals surface area contributed by atoms with Crippen molar-refractivity contribution >= 4 is 23.5 Å². The van der Waals surface area contributed by atoms with Crippen molar-refractivity contribution in [2.75, 3.05) is 11.9 Å². The van der Waals surface area contributed by atoms with E-state index in [9.17, 15) is 24.6 Å². The second kappa shape index (κ2) is 8.41. The van der Waals surface area contributed by atoms with Gasteiger partial charge in [-0.15, -0.1) is 0 Å². The Morgan fingerprint density at radius 2 is 1.96 bits per heavy atom. The molecule has 1 saturated carbocycles. The summed E-state index contributed by atoms with van der Waals surface area (Å²) in [5.41, 5.74) is 1.43. The number of hydrogen-bond acceptors (Lipinski definition) is 5. The van der Waals surface area contributed by atoms with Crippen molar-refractivity contribution in [3.63, 3.8) is 0 Å². The normalized spacial score (nSPS) is 20.5. The molecule has 2 N–H and O–H groups in total. The molecule has 2 aliphatic rings. The van der Waals surface area contributed by atoms with Gasteiger partial charge in [0.2, 0.25) is 5.91 Å². The fourth-order valence-corrected chi connectivity index (χ4v) is 4.06. The van der Waals surface area contributed by atoms with E-state index in [1.54, 1.807) is 17.0 Å². The standard InChI is InChI=1S/C20H26N2O5/c23-18(24)11-17-19(25)22(9-8-13-4-2-1-3-5-13)12-15-10-14(20(26)27)6-7-16(15)21-17/h6-7,10,13,17,21H,1-5,8-9,11-12H2,(H,23,24)(H,26,27)/p-1. The monoisotopic (exact) mass is 373 g/mol. The van der Waals surface area contributed by atoms with Gasteiger partial charge in [-0.05, 0) is 36.1 Å². The molecule has 1 atom stereocenters. The van der Waals surface area contributed by atoms with Gasteiger partial charge in [0.25, 0.3) is 0 Å². The van der Waals surface area contributed by atoms with Gasteiger partial charge < -0.3 is 25.2 Å². The zero-order valence-corrected chi connectivity index (χ0v) is 15.3. The second-order valence-electron chi connectivity index (χ2n) is 7.50. The van der Waals surface area contributed by atoms with Crippen LogP contribution in [0.15, 0.2) is 18.2 Å². The van der Waals surface area contributed by atoms with Gasteiger partial charge in [-0.2, -0.15) is 0 Å². The van der Waals surface area contributed by atoms with Crippen LogP contribution < -0.4 is 10.4 Å².